The topological polar surface area (TPSA) is 19.1 Å². The molecule has 0 fully saturated rings. The molecule has 4 aromatic rings. The van der Waals surface area contributed by atoms with Gasteiger partial charge in [0, 0.05) is 46.6 Å². The number of nitrogens with zero attached hydrogens (tertiary/aromatic N) is 3. The van der Waals surface area contributed by atoms with Gasteiger partial charge < -0.3 is 4.90 Å². The van der Waals surface area contributed by atoms with Crippen molar-refractivity contribution in [1.82, 2.24) is 4.98 Å². The van der Waals surface area contributed by atoms with Crippen molar-refractivity contribution in [2.24, 2.45) is 0 Å². The maximum atomic E-state index is 5.07. The molecule has 0 bridgehead atoms. The maximum absolute atomic E-state index is 5.07. The van der Waals surface area contributed by atoms with Gasteiger partial charge in [-0.15, -0.1) is 11.3 Å². The Kier molecular flexibility index (Phi) is 6.62. The largest absolute Gasteiger partial charge is 0.344 e. The van der Waals surface area contributed by atoms with Gasteiger partial charge in [-0.2, -0.15) is 4.58 Å². The first-order chi connectivity index (χ1) is 19.3. The molecule has 40 heavy (non-hydrogen) atoms. The van der Waals surface area contributed by atoms with Crippen LogP contribution in [0.15, 0.2) is 103 Å². The van der Waals surface area contributed by atoms with Crippen molar-refractivity contribution >= 4 is 44.2 Å². The van der Waals surface area contributed by atoms with Crippen LogP contribution in [0.25, 0.3) is 15.8 Å². The van der Waals surface area contributed by atoms with Gasteiger partial charge in [0.15, 0.2) is 5.71 Å². The van der Waals surface area contributed by atoms with Crippen molar-refractivity contribution in [3.05, 3.63) is 119 Å². The summed E-state index contributed by atoms with van der Waals surface area (Å²) in [5.41, 5.74) is 10.1. The van der Waals surface area contributed by atoms with Gasteiger partial charge in [0.2, 0.25) is 5.69 Å². The van der Waals surface area contributed by atoms with Gasteiger partial charge in [-0.1, -0.05) is 68.5 Å². The van der Waals surface area contributed by atoms with Crippen LogP contribution in [0.3, 0.4) is 0 Å². The average Bonchev–Trinajstić information content (AvgIpc) is 3.55. The Labute approximate surface area is 242 Å². The van der Waals surface area contributed by atoms with Crippen molar-refractivity contribution in [1.29, 1.82) is 0 Å². The molecule has 202 valence electrons. The molecule has 3 heterocycles. The quantitative estimate of drug-likeness (QED) is 0.178. The van der Waals surface area contributed by atoms with E-state index in [1.807, 2.05) is 0 Å². The van der Waals surface area contributed by atoms with Crippen LogP contribution >= 0.6 is 11.3 Å². The normalized spacial score (nSPS) is 18.8. The number of fused-ring (bicyclic) bond motifs is 3. The highest BCUT2D eigenvalue weighted by atomic mass is 32.1. The summed E-state index contributed by atoms with van der Waals surface area (Å²) < 4.78 is 3.67. The zero-order valence-electron chi connectivity index (χ0n) is 24.4. The van der Waals surface area contributed by atoms with Crippen molar-refractivity contribution in [3.8, 4) is 0 Å². The fourth-order valence-corrected chi connectivity index (χ4v) is 7.47. The van der Waals surface area contributed by atoms with Crippen LogP contribution in [-0.2, 0) is 10.8 Å². The molecule has 0 N–H and O–H groups in total. The molecule has 0 aliphatic carbocycles. The molecule has 0 saturated heterocycles. The van der Waals surface area contributed by atoms with Gasteiger partial charge in [-0.25, -0.2) is 4.98 Å². The molecule has 3 nitrogen and oxygen atoms in total. The van der Waals surface area contributed by atoms with Crippen LogP contribution in [-0.4, -0.2) is 28.4 Å². The summed E-state index contributed by atoms with van der Waals surface area (Å²) in [5.74, 6) is 0. The lowest BCUT2D eigenvalue weighted by molar-refractivity contribution is -0.433. The van der Waals surface area contributed by atoms with Crippen molar-refractivity contribution in [2.45, 2.75) is 52.4 Å². The van der Waals surface area contributed by atoms with E-state index >= 15 is 0 Å². The highest BCUT2D eigenvalue weighted by Gasteiger charge is 2.43. The molecule has 4 heteroatoms. The van der Waals surface area contributed by atoms with E-state index in [0.29, 0.717) is 0 Å². The third-order valence-electron chi connectivity index (χ3n) is 8.61. The molecule has 0 unspecified atom stereocenters. The Bertz CT molecular complexity index is 1690. The zero-order chi connectivity index (χ0) is 28.1. The number of benzene rings is 3. The number of likely N-dealkylation sites (N-methyl/N-ethyl adjacent to an activating group) is 1. The molecule has 2 aliphatic heterocycles. The van der Waals surface area contributed by atoms with Gasteiger partial charge in [0.1, 0.15) is 11.6 Å². The summed E-state index contributed by atoms with van der Waals surface area (Å²) >= 11 is 1.76. The van der Waals surface area contributed by atoms with Gasteiger partial charge in [-0.05, 0) is 63.6 Å². The third kappa shape index (κ3) is 4.17. The summed E-state index contributed by atoms with van der Waals surface area (Å²) in [5, 5.41) is 1.04. The lowest BCUT2D eigenvalue weighted by Gasteiger charge is -2.26. The Morgan fingerprint density at radius 2 is 1.57 bits per heavy atom. The number of allylic oxidation sites excluding steroid dienone is 6. The Hall–Kier alpha value is -3.76. The fourth-order valence-electron chi connectivity index (χ4n) is 6.49. The van der Waals surface area contributed by atoms with Crippen LogP contribution in [0, 0.1) is 0 Å². The first-order valence-corrected chi connectivity index (χ1v) is 15.2. The van der Waals surface area contributed by atoms with Crippen LogP contribution in [0.1, 0.15) is 57.7 Å². The summed E-state index contributed by atoms with van der Waals surface area (Å²) in [6.45, 7) is 15.7. The first kappa shape index (κ1) is 26.5. The predicted molar refractivity (Wildman–Crippen MR) is 172 cm³/mol. The number of hydrogen-bond acceptors (Lipinski definition) is 3. The van der Waals surface area contributed by atoms with E-state index in [2.05, 4.69) is 148 Å². The molecule has 1 aromatic heterocycles. The molecular formula is C36H38N3S+. The SMILES string of the molecule is CCN1C(=CC=C(C=CC2=[N+](CC)c3ccccc3C2(C)C)c2nc3ccccc3s2)C(C)(C)c2ccccc21. The van der Waals surface area contributed by atoms with E-state index in [4.69, 9.17) is 4.98 Å². The van der Waals surface area contributed by atoms with E-state index in [9.17, 15) is 0 Å². The molecule has 3 aromatic carbocycles. The summed E-state index contributed by atoms with van der Waals surface area (Å²) in [6, 6.07) is 26.1. The third-order valence-corrected chi connectivity index (χ3v) is 9.70. The van der Waals surface area contributed by atoms with Gasteiger partial charge in [-0.3, -0.25) is 0 Å². The molecule has 6 rings (SSSR count). The highest BCUT2D eigenvalue weighted by Crippen LogP contribution is 2.47. The number of aromatic nitrogens is 1. The molecule has 0 atom stereocenters. The summed E-state index contributed by atoms with van der Waals surface area (Å²) in [7, 11) is 0. The van der Waals surface area contributed by atoms with E-state index in [1.54, 1.807) is 11.3 Å². The van der Waals surface area contributed by atoms with Crippen molar-refractivity contribution in [2.75, 3.05) is 18.0 Å². The number of rotatable bonds is 6. The van der Waals surface area contributed by atoms with Crippen LogP contribution in [0.5, 0.6) is 0 Å². The van der Waals surface area contributed by atoms with E-state index in [-0.39, 0.29) is 10.8 Å². The minimum absolute atomic E-state index is 0.0750. The average molecular weight is 545 g/mol. The standard InChI is InChI=1S/C36H38N3S/c1-7-38-29-18-12-9-15-26(29)35(3,4)32(38)23-21-25(34-37-28-17-11-14-20-31(28)40-34)22-24-33-36(5,6)27-16-10-13-19-30(27)39(33)8-2/h9-24H,7-8H2,1-6H3/q+1. The first-order valence-electron chi connectivity index (χ1n) is 14.3. The number of hydrogen-bond donors (Lipinski definition) is 0. The van der Waals surface area contributed by atoms with Crippen molar-refractivity contribution in [3.63, 3.8) is 0 Å². The summed E-state index contributed by atoms with van der Waals surface area (Å²) in [6.07, 6.45) is 9.22. The second-order valence-electron chi connectivity index (χ2n) is 11.7. The van der Waals surface area contributed by atoms with Gasteiger partial charge in [0.05, 0.1) is 15.6 Å². The fraction of sp³-hybridized carbons (Fsp3) is 0.278. The lowest BCUT2D eigenvalue weighted by Crippen LogP contribution is -2.27. The number of anilines is 1. The Balaban J connectivity index is 1.48. The van der Waals surface area contributed by atoms with Crippen molar-refractivity contribution < 1.29 is 4.58 Å². The monoisotopic (exact) mass is 544 g/mol. The molecule has 0 spiro atoms. The van der Waals surface area contributed by atoms with Gasteiger partial charge >= 0.3 is 0 Å². The number of para-hydroxylation sites is 3. The van der Waals surface area contributed by atoms with E-state index in [0.717, 1.165) is 29.2 Å². The maximum Gasteiger partial charge on any atom is 0.209 e. The molecular weight excluding hydrogens is 506 g/mol. The van der Waals surface area contributed by atoms with E-state index in [1.165, 1.54) is 38.6 Å². The minimum Gasteiger partial charge on any atom is -0.344 e. The number of thiazole rings is 1. The highest BCUT2D eigenvalue weighted by molar-refractivity contribution is 7.19. The molecule has 0 saturated carbocycles. The van der Waals surface area contributed by atoms with Crippen LogP contribution < -0.4 is 4.90 Å². The van der Waals surface area contributed by atoms with Crippen LogP contribution in [0.4, 0.5) is 11.4 Å². The molecule has 0 radical (unpaired) electrons. The smallest absolute Gasteiger partial charge is 0.209 e. The second-order valence-corrected chi connectivity index (χ2v) is 12.7. The Morgan fingerprint density at radius 1 is 0.875 bits per heavy atom. The second kappa shape index (κ2) is 10.0. The van der Waals surface area contributed by atoms with Gasteiger partial charge in [0.25, 0.3) is 0 Å². The minimum atomic E-state index is -0.0750. The zero-order valence-corrected chi connectivity index (χ0v) is 25.2. The van der Waals surface area contributed by atoms with Crippen LogP contribution in [0.2, 0.25) is 0 Å². The molecule has 0 amide bonds. The summed E-state index contributed by atoms with van der Waals surface area (Å²) in [4.78, 5) is 7.52. The predicted octanol–water partition coefficient (Wildman–Crippen LogP) is 9.03. The molecule has 2 aliphatic rings. The van der Waals surface area contributed by atoms with E-state index < -0.39 is 0 Å². The lowest BCUT2D eigenvalue weighted by atomic mass is 9.81. The Morgan fingerprint density at radius 3 is 2.33 bits per heavy atom.